The number of hydrogen-bond donors (Lipinski definition) is 1. The van der Waals surface area contributed by atoms with Crippen molar-refractivity contribution in [3.8, 4) is 11.3 Å². The van der Waals surface area contributed by atoms with Crippen LogP contribution in [0.3, 0.4) is 0 Å². The van der Waals surface area contributed by atoms with Gasteiger partial charge in [0.15, 0.2) is 0 Å². The molecule has 1 amide bonds. The van der Waals surface area contributed by atoms with Crippen LogP contribution in [-0.4, -0.2) is 82.6 Å². The van der Waals surface area contributed by atoms with Gasteiger partial charge in [-0.1, -0.05) is 80.9 Å². The van der Waals surface area contributed by atoms with Gasteiger partial charge >= 0.3 is 0 Å². The predicted molar refractivity (Wildman–Crippen MR) is 228 cm³/mol. The van der Waals surface area contributed by atoms with Crippen LogP contribution in [-0.2, 0) is 22.6 Å². The summed E-state index contributed by atoms with van der Waals surface area (Å²) in [5.41, 5.74) is 9.10. The number of amides is 1. The van der Waals surface area contributed by atoms with Crippen molar-refractivity contribution in [2.45, 2.75) is 133 Å². The van der Waals surface area contributed by atoms with Gasteiger partial charge in [0.05, 0.1) is 29.2 Å². The van der Waals surface area contributed by atoms with Gasteiger partial charge in [0.1, 0.15) is 6.29 Å². The standard InChI is InChI=1S/C46H70N6O2/c1-13-35(26-36(30-53)49-45(54)43(32(8)9)51-24-22-33(29-51)28-50(12)16-4)48-40(14-2)34-20-21-41-38(25-34)39(27-46(10,11)15-3)44(52(41)17-5)37-19-18-23-47-42(37)31(6)7/h14,18-21,23,25,30-33,36,43H,13,15-17,22,24,26-29H2,1-12H3,(H,49,54)/b40-14-,48-35?. The number of nitrogens with zero attached hydrogens (tertiary/aromatic N) is 5. The normalized spacial score (nSPS) is 17.3. The lowest BCUT2D eigenvalue weighted by molar-refractivity contribution is -0.129. The second-order valence-electron chi connectivity index (χ2n) is 16.9. The molecule has 2 aromatic heterocycles. The maximum Gasteiger partial charge on any atom is 0.238 e. The first-order valence-electron chi connectivity index (χ1n) is 20.7. The van der Waals surface area contributed by atoms with E-state index in [9.17, 15) is 9.59 Å². The molecule has 1 N–H and O–H groups in total. The second kappa shape index (κ2) is 19.3. The third-order valence-electron chi connectivity index (χ3n) is 11.7. The monoisotopic (exact) mass is 739 g/mol. The number of carbonyl (C=O) groups excluding carboxylic acids is 2. The SMILES string of the molecule is C/C=C(\N=C(CC)CC(C=O)NC(=O)C(C(C)C)N1CCC(CN(C)CC)C1)c1ccc2c(c1)c(CC(C)(C)CC)c(-c1cccnc1C(C)C)n2CC. The number of pyridine rings is 1. The topological polar surface area (TPSA) is 82.8 Å². The first-order valence-corrected chi connectivity index (χ1v) is 20.7. The summed E-state index contributed by atoms with van der Waals surface area (Å²) in [6.45, 7) is 28.9. The van der Waals surface area contributed by atoms with Gasteiger partial charge in [-0.2, -0.15) is 0 Å². The van der Waals surface area contributed by atoms with Crippen LogP contribution in [0.5, 0.6) is 0 Å². The highest BCUT2D eigenvalue weighted by atomic mass is 16.2. The Morgan fingerprint density at radius 3 is 2.46 bits per heavy atom. The van der Waals surface area contributed by atoms with Crippen molar-refractivity contribution in [2.24, 2.45) is 22.2 Å². The van der Waals surface area contributed by atoms with Gasteiger partial charge in [0.25, 0.3) is 0 Å². The van der Waals surface area contributed by atoms with E-state index in [0.717, 1.165) is 80.9 Å². The Kier molecular flexibility index (Phi) is 15.4. The van der Waals surface area contributed by atoms with E-state index in [0.29, 0.717) is 24.7 Å². The van der Waals surface area contributed by atoms with E-state index in [4.69, 9.17) is 9.98 Å². The molecule has 0 spiro atoms. The van der Waals surface area contributed by atoms with Crippen molar-refractivity contribution in [3.05, 3.63) is 59.4 Å². The fourth-order valence-electron chi connectivity index (χ4n) is 8.19. The van der Waals surface area contributed by atoms with Gasteiger partial charge in [-0.15, -0.1) is 0 Å². The van der Waals surface area contributed by atoms with Crippen LogP contribution in [0.2, 0.25) is 0 Å². The molecule has 1 aromatic carbocycles. The van der Waals surface area contributed by atoms with Crippen molar-refractivity contribution < 1.29 is 9.59 Å². The minimum Gasteiger partial charge on any atom is -0.345 e. The number of rotatable bonds is 19. The summed E-state index contributed by atoms with van der Waals surface area (Å²) in [6.07, 6.45) is 9.01. The second-order valence-corrected chi connectivity index (χ2v) is 16.9. The van der Waals surface area contributed by atoms with Crippen LogP contribution in [0, 0.1) is 17.3 Å². The van der Waals surface area contributed by atoms with Crippen molar-refractivity contribution in [3.63, 3.8) is 0 Å². The molecule has 1 saturated heterocycles. The third kappa shape index (κ3) is 10.2. The summed E-state index contributed by atoms with van der Waals surface area (Å²) < 4.78 is 2.47. The van der Waals surface area contributed by atoms with Crippen LogP contribution in [0.25, 0.3) is 27.9 Å². The Labute approximate surface area is 326 Å². The summed E-state index contributed by atoms with van der Waals surface area (Å²) in [4.78, 5) is 41.0. The minimum atomic E-state index is -0.638. The Morgan fingerprint density at radius 2 is 1.87 bits per heavy atom. The minimum absolute atomic E-state index is 0.0632. The molecular formula is C46H70N6O2. The number of aryl methyl sites for hydroxylation is 1. The average Bonchev–Trinajstić information content (AvgIpc) is 3.73. The largest absolute Gasteiger partial charge is 0.345 e. The highest BCUT2D eigenvalue weighted by Gasteiger charge is 2.35. The Hall–Kier alpha value is -3.62. The lowest BCUT2D eigenvalue weighted by Crippen LogP contribution is -2.52. The van der Waals surface area contributed by atoms with E-state index >= 15 is 0 Å². The van der Waals surface area contributed by atoms with E-state index in [1.165, 1.54) is 27.7 Å². The number of fused-ring (bicyclic) bond motifs is 1. The zero-order chi connectivity index (χ0) is 39.7. The maximum absolute atomic E-state index is 13.8. The predicted octanol–water partition coefficient (Wildman–Crippen LogP) is 9.41. The van der Waals surface area contributed by atoms with Gasteiger partial charge in [-0.25, -0.2) is 0 Å². The summed E-state index contributed by atoms with van der Waals surface area (Å²) in [6, 6.07) is 10.1. The highest BCUT2D eigenvalue weighted by Crippen LogP contribution is 2.41. The quantitative estimate of drug-likeness (QED) is 0.0979. The third-order valence-corrected chi connectivity index (χ3v) is 11.7. The van der Waals surface area contributed by atoms with Crippen molar-refractivity contribution in [1.29, 1.82) is 0 Å². The Bertz CT molecular complexity index is 1780. The van der Waals surface area contributed by atoms with Crippen LogP contribution in [0.1, 0.15) is 125 Å². The van der Waals surface area contributed by atoms with Gasteiger partial charge in [0, 0.05) is 60.0 Å². The zero-order valence-corrected chi connectivity index (χ0v) is 35.6. The summed E-state index contributed by atoms with van der Waals surface area (Å²) in [7, 11) is 2.16. The van der Waals surface area contributed by atoms with E-state index < -0.39 is 6.04 Å². The molecule has 8 nitrogen and oxygen atoms in total. The van der Waals surface area contributed by atoms with Crippen LogP contribution >= 0.6 is 0 Å². The number of carbonyl (C=O) groups is 2. The molecule has 296 valence electrons. The lowest BCUT2D eigenvalue weighted by Gasteiger charge is -2.31. The molecule has 3 aromatic rings. The van der Waals surface area contributed by atoms with Gasteiger partial charge in [-0.05, 0) is 106 Å². The fourth-order valence-corrected chi connectivity index (χ4v) is 8.19. The van der Waals surface area contributed by atoms with E-state index in [-0.39, 0.29) is 23.3 Å². The first-order chi connectivity index (χ1) is 25.7. The number of hydrogen-bond acceptors (Lipinski definition) is 6. The van der Waals surface area contributed by atoms with Crippen LogP contribution in [0.4, 0.5) is 0 Å². The number of nitrogens with one attached hydrogen (secondary N) is 1. The lowest BCUT2D eigenvalue weighted by atomic mass is 9.81. The molecule has 0 saturated carbocycles. The molecule has 0 aliphatic carbocycles. The maximum atomic E-state index is 13.8. The average molecular weight is 739 g/mol. The van der Waals surface area contributed by atoms with Crippen LogP contribution < -0.4 is 5.32 Å². The van der Waals surface area contributed by atoms with Crippen molar-refractivity contribution in [2.75, 3.05) is 33.2 Å². The molecule has 3 unspecified atom stereocenters. The van der Waals surface area contributed by atoms with Crippen LogP contribution in [0.15, 0.2) is 47.6 Å². The van der Waals surface area contributed by atoms with Gasteiger partial charge in [-0.3, -0.25) is 19.7 Å². The molecule has 0 bridgehead atoms. The number of aromatic nitrogens is 2. The van der Waals surface area contributed by atoms with Gasteiger partial charge < -0.3 is 19.6 Å². The molecule has 1 aliphatic heterocycles. The van der Waals surface area contributed by atoms with Crippen molar-refractivity contribution >= 4 is 34.5 Å². The van der Waals surface area contributed by atoms with Crippen molar-refractivity contribution in [1.82, 2.24) is 24.7 Å². The molecular weight excluding hydrogens is 669 g/mol. The Balaban J connectivity index is 1.67. The fraction of sp³-hybridized carbons (Fsp3) is 0.609. The van der Waals surface area contributed by atoms with Gasteiger partial charge in [0.2, 0.25) is 5.91 Å². The summed E-state index contributed by atoms with van der Waals surface area (Å²) >= 11 is 0. The number of likely N-dealkylation sites (tertiary alicyclic amines) is 1. The first kappa shape index (κ1) is 43.1. The molecule has 54 heavy (non-hydrogen) atoms. The Morgan fingerprint density at radius 1 is 1.13 bits per heavy atom. The number of aldehydes is 1. The molecule has 8 heteroatoms. The smallest absolute Gasteiger partial charge is 0.238 e. The molecule has 3 heterocycles. The highest BCUT2D eigenvalue weighted by molar-refractivity contribution is 5.97. The van der Waals surface area contributed by atoms with E-state index in [2.05, 4.69) is 132 Å². The zero-order valence-electron chi connectivity index (χ0n) is 35.6. The number of allylic oxidation sites excluding steroid dienone is 1. The number of aliphatic imine (C=N–C) groups is 1. The molecule has 0 radical (unpaired) electrons. The molecule has 4 rings (SSSR count). The molecule has 1 fully saturated rings. The van der Waals surface area contributed by atoms with E-state index in [1.807, 2.05) is 13.1 Å². The summed E-state index contributed by atoms with van der Waals surface area (Å²) in [5, 5.41) is 4.37. The summed E-state index contributed by atoms with van der Waals surface area (Å²) in [5.74, 6) is 0.920. The van der Waals surface area contributed by atoms with E-state index in [1.54, 1.807) is 0 Å². The molecule has 3 atom stereocenters. The molecule has 1 aliphatic rings. The number of benzene rings is 1.